The van der Waals surface area contributed by atoms with E-state index in [1.807, 2.05) is 0 Å². The van der Waals surface area contributed by atoms with E-state index in [1.54, 1.807) is 0 Å². The van der Waals surface area contributed by atoms with Crippen LogP contribution in [0, 0.1) is 0 Å². The Kier molecular flexibility index (Phi) is 7.15. The van der Waals surface area contributed by atoms with E-state index < -0.39 is 0 Å². The topological polar surface area (TPSA) is 0 Å². The molecule has 0 radical (unpaired) electrons. The molecule has 0 saturated carbocycles. The molecule has 114 valence electrons. The Morgan fingerprint density at radius 3 is 1.68 bits per heavy atom. The van der Waals surface area contributed by atoms with Gasteiger partial charge in [0, 0.05) is 3.58 Å². The largest absolute Gasteiger partial charge is 0.0622 e. The van der Waals surface area contributed by atoms with E-state index in [1.165, 1.54) is 29.4 Å². The maximum atomic E-state index is 2.50. The Balaban J connectivity index is 2.64. The zero-order valence-corrected chi connectivity index (χ0v) is 17.3. The fraction of sp³-hybridized carbons (Fsp3) is 0.200. The molecule has 2 heteroatoms. The molecule has 2 aromatic rings. The van der Waals surface area contributed by atoms with Gasteiger partial charge in [0.2, 0.25) is 0 Å². The van der Waals surface area contributed by atoms with Crippen LogP contribution in [-0.4, -0.2) is 0 Å². The molecule has 0 atom stereocenters. The quantitative estimate of drug-likeness (QED) is 0.287. The lowest BCUT2D eigenvalue weighted by atomic mass is 9.93. The van der Waals surface area contributed by atoms with Gasteiger partial charge in [0.05, 0.1) is 0 Å². The summed E-state index contributed by atoms with van der Waals surface area (Å²) in [5.74, 6) is 0. The van der Waals surface area contributed by atoms with Crippen molar-refractivity contribution in [3.63, 3.8) is 0 Å². The van der Waals surface area contributed by atoms with Crippen LogP contribution >= 0.6 is 45.2 Å². The predicted molar refractivity (Wildman–Crippen MR) is 115 cm³/mol. The van der Waals surface area contributed by atoms with Gasteiger partial charge in [-0.25, -0.2) is 0 Å². The van der Waals surface area contributed by atoms with Crippen molar-refractivity contribution in [2.24, 2.45) is 0 Å². The van der Waals surface area contributed by atoms with Gasteiger partial charge in [0.25, 0.3) is 0 Å². The number of allylic oxidation sites excluding steroid dienone is 3. The van der Waals surface area contributed by atoms with Crippen molar-refractivity contribution < 1.29 is 0 Å². The van der Waals surface area contributed by atoms with Crippen molar-refractivity contribution in [3.05, 3.63) is 80.9 Å². The summed E-state index contributed by atoms with van der Waals surface area (Å²) in [6.07, 6.45) is 2.09. The molecule has 0 nitrogen and oxygen atoms in total. The lowest BCUT2D eigenvalue weighted by Gasteiger charge is -2.17. The van der Waals surface area contributed by atoms with Crippen molar-refractivity contribution in [3.8, 4) is 0 Å². The number of benzene rings is 2. The maximum Gasteiger partial charge on any atom is 0.0241 e. The summed E-state index contributed by atoms with van der Waals surface area (Å²) >= 11 is 5.01. The first kappa shape index (κ1) is 17.7. The highest BCUT2D eigenvalue weighted by Gasteiger charge is 2.15. The van der Waals surface area contributed by atoms with Crippen LogP contribution in [0.15, 0.2) is 69.8 Å². The molecule has 0 bridgehead atoms. The number of hydrogen-bond acceptors (Lipinski definition) is 0. The van der Waals surface area contributed by atoms with Crippen LogP contribution in [0.4, 0.5) is 0 Å². The van der Waals surface area contributed by atoms with E-state index in [-0.39, 0.29) is 0 Å². The third-order valence-corrected chi connectivity index (χ3v) is 6.17. The van der Waals surface area contributed by atoms with Crippen molar-refractivity contribution in [1.82, 2.24) is 0 Å². The van der Waals surface area contributed by atoms with Gasteiger partial charge in [-0.05, 0) is 83.9 Å². The van der Waals surface area contributed by atoms with Crippen molar-refractivity contribution in [2.75, 3.05) is 0 Å². The van der Waals surface area contributed by atoms with Gasteiger partial charge in [-0.3, -0.25) is 0 Å². The van der Waals surface area contributed by atoms with Crippen molar-refractivity contribution in [2.45, 2.75) is 26.7 Å². The molecule has 0 aromatic heterocycles. The van der Waals surface area contributed by atoms with Gasteiger partial charge >= 0.3 is 0 Å². The second-order valence-electron chi connectivity index (χ2n) is 5.01. The van der Waals surface area contributed by atoms with Crippen LogP contribution in [-0.2, 0) is 0 Å². The molecule has 2 aromatic carbocycles. The molecule has 0 unspecified atom stereocenters. The summed E-state index contributed by atoms with van der Waals surface area (Å²) < 4.78 is 2.77. The van der Waals surface area contributed by atoms with E-state index in [4.69, 9.17) is 0 Å². The van der Waals surface area contributed by atoms with E-state index >= 15 is 0 Å². The first-order chi connectivity index (χ1) is 10.7. The van der Waals surface area contributed by atoms with E-state index in [9.17, 15) is 0 Å². The first-order valence-corrected chi connectivity index (χ1v) is 9.73. The smallest absolute Gasteiger partial charge is 0.0241 e. The zero-order chi connectivity index (χ0) is 15.9. The highest BCUT2D eigenvalue weighted by atomic mass is 127. The molecular weight excluding hydrogens is 494 g/mol. The third-order valence-electron chi connectivity index (χ3n) is 3.59. The Morgan fingerprint density at radius 1 is 0.727 bits per heavy atom. The summed E-state index contributed by atoms with van der Waals surface area (Å²) in [5, 5.41) is 0. The monoisotopic (exact) mass is 514 g/mol. The summed E-state index contributed by atoms with van der Waals surface area (Å²) in [6, 6.07) is 21.4. The van der Waals surface area contributed by atoms with Crippen LogP contribution in [0.3, 0.4) is 0 Å². The van der Waals surface area contributed by atoms with Gasteiger partial charge in [0.1, 0.15) is 0 Å². The molecule has 0 aliphatic rings. The molecule has 0 heterocycles. The molecule has 0 amide bonds. The number of halogens is 2. The van der Waals surface area contributed by atoms with Crippen LogP contribution in [0.1, 0.15) is 37.8 Å². The van der Waals surface area contributed by atoms with Crippen molar-refractivity contribution in [1.29, 1.82) is 0 Å². The second kappa shape index (κ2) is 8.87. The van der Waals surface area contributed by atoms with Gasteiger partial charge in [0.15, 0.2) is 0 Å². The summed E-state index contributed by atoms with van der Waals surface area (Å²) in [4.78, 5) is 0. The molecule has 0 aliphatic carbocycles. The van der Waals surface area contributed by atoms with Crippen LogP contribution < -0.4 is 0 Å². The fourth-order valence-electron chi connectivity index (χ4n) is 2.48. The molecule has 0 N–H and O–H groups in total. The minimum atomic E-state index is 1.03. The molecule has 2 rings (SSSR count). The highest BCUT2D eigenvalue weighted by Crippen LogP contribution is 2.40. The molecule has 0 aliphatic heterocycles. The first-order valence-electron chi connectivity index (χ1n) is 7.57. The van der Waals surface area contributed by atoms with Crippen LogP contribution in [0.2, 0.25) is 0 Å². The average molecular weight is 514 g/mol. The van der Waals surface area contributed by atoms with E-state index in [0.29, 0.717) is 0 Å². The molecule has 22 heavy (non-hydrogen) atoms. The molecular formula is C20H20I2. The summed E-state index contributed by atoms with van der Waals surface area (Å²) in [5.41, 5.74) is 5.45. The normalized spacial score (nSPS) is 13.5. The predicted octanol–water partition coefficient (Wildman–Crippen LogP) is 7.50. The standard InChI is InChI=1S/C20H20I2/c1-3-17(20(22)16-13-9-6-10-14-16)19(18(21)4-2)15-11-7-5-8-12-15/h5-14H,3-4H2,1-2H3/b19-18-,20-17-. The number of hydrogen-bond donors (Lipinski definition) is 0. The van der Waals surface area contributed by atoms with Crippen LogP contribution in [0.25, 0.3) is 9.15 Å². The fourth-order valence-corrected chi connectivity index (χ4v) is 4.12. The second-order valence-corrected chi connectivity index (χ2v) is 7.39. The SMILES string of the molecule is CC/C(I)=C(/C(CC)=C(\I)c1ccccc1)c1ccccc1. The lowest BCUT2D eigenvalue weighted by Crippen LogP contribution is -1.95. The molecule has 0 spiro atoms. The molecule has 0 fully saturated rings. The lowest BCUT2D eigenvalue weighted by molar-refractivity contribution is 1.15. The Bertz CT molecular complexity index is 667. The molecule has 0 saturated heterocycles. The van der Waals surface area contributed by atoms with E-state index in [0.717, 1.165) is 12.8 Å². The maximum absolute atomic E-state index is 2.50. The number of rotatable bonds is 5. The zero-order valence-electron chi connectivity index (χ0n) is 12.9. The van der Waals surface area contributed by atoms with Gasteiger partial charge in [-0.2, -0.15) is 0 Å². The van der Waals surface area contributed by atoms with Gasteiger partial charge in [-0.15, -0.1) is 0 Å². The van der Waals surface area contributed by atoms with Gasteiger partial charge in [-0.1, -0.05) is 74.5 Å². The third kappa shape index (κ3) is 4.22. The van der Waals surface area contributed by atoms with Crippen LogP contribution in [0.5, 0.6) is 0 Å². The van der Waals surface area contributed by atoms with Gasteiger partial charge < -0.3 is 0 Å². The average Bonchev–Trinajstić information content (AvgIpc) is 2.60. The highest BCUT2D eigenvalue weighted by molar-refractivity contribution is 14.1. The summed E-state index contributed by atoms with van der Waals surface area (Å²) in [7, 11) is 0. The minimum absolute atomic E-state index is 1.03. The Hall–Kier alpha value is -0.620. The Morgan fingerprint density at radius 2 is 1.23 bits per heavy atom. The van der Waals surface area contributed by atoms with Crippen molar-refractivity contribution >= 4 is 54.3 Å². The summed E-state index contributed by atoms with van der Waals surface area (Å²) in [6.45, 7) is 4.48. The van der Waals surface area contributed by atoms with E-state index in [2.05, 4.69) is 120 Å². The minimum Gasteiger partial charge on any atom is -0.0622 e. The Labute approximate surface area is 161 Å².